The van der Waals surface area contributed by atoms with Crippen molar-refractivity contribution in [3.05, 3.63) is 82.9 Å². The predicted molar refractivity (Wildman–Crippen MR) is 115 cm³/mol. The van der Waals surface area contributed by atoms with E-state index in [1.165, 1.54) is 0 Å². The Labute approximate surface area is 182 Å². The van der Waals surface area contributed by atoms with E-state index in [-0.39, 0.29) is 28.8 Å². The Balaban J connectivity index is 1.86. The number of hydrogen-bond donors (Lipinski definition) is 2. The van der Waals surface area contributed by atoms with Gasteiger partial charge in [0.05, 0.1) is 0 Å². The Kier molecular flexibility index (Phi) is 5.65. The Morgan fingerprint density at radius 3 is 1.40 bits per heavy atom. The average molecular weight is 439 g/mol. The smallest absolute Gasteiger partial charge is 0.226 e. The SMILES string of the molecule is NCC(N)(c1nc(Cl)nc(-c2ccccc2)n1)c1nc(Cl)nc(-c2ccccc2)n1. The second-order valence-electron chi connectivity index (χ2n) is 6.41. The van der Waals surface area contributed by atoms with Gasteiger partial charge in [-0.05, 0) is 23.2 Å². The summed E-state index contributed by atoms with van der Waals surface area (Å²) in [5.74, 6) is 0.977. The molecular formula is C20H16Cl2N8. The zero-order valence-corrected chi connectivity index (χ0v) is 17.1. The predicted octanol–water partition coefficient (Wildman–Crippen LogP) is 2.86. The average Bonchev–Trinajstić information content (AvgIpc) is 2.79. The molecule has 30 heavy (non-hydrogen) atoms. The van der Waals surface area contributed by atoms with Crippen LogP contribution >= 0.6 is 23.2 Å². The highest BCUT2D eigenvalue weighted by atomic mass is 35.5. The van der Waals surface area contributed by atoms with Gasteiger partial charge in [0, 0.05) is 17.7 Å². The van der Waals surface area contributed by atoms with Gasteiger partial charge in [-0.15, -0.1) is 0 Å². The third kappa shape index (κ3) is 3.99. The van der Waals surface area contributed by atoms with Gasteiger partial charge in [-0.3, -0.25) is 0 Å². The first-order chi connectivity index (χ1) is 14.5. The van der Waals surface area contributed by atoms with Crippen molar-refractivity contribution in [2.75, 3.05) is 6.54 Å². The van der Waals surface area contributed by atoms with Gasteiger partial charge in [-0.25, -0.2) is 19.9 Å². The molecule has 150 valence electrons. The number of nitrogens with zero attached hydrogens (tertiary/aromatic N) is 6. The van der Waals surface area contributed by atoms with Gasteiger partial charge in [0.1, 0.15) is 5.54 Å². The molecule has 0 aliphatic carbocycles. The minimum Gasteiger partial charge on any atom is -0.328 e. The molecule has 0 spiro atoms. The Morgan fingerprint density at radius 2 is 1.03 bits per heavy atom. The molecule has 2 aromatic heterocycles. The lowest BCUT2D eigenvalue weighted by atomic mass is 9.98. The van der Waals surface area contributed by atoms with E-state index >= 15 is 0 Å². The minimum atomic E-state index is -1.47. The highest BCUT2D eigenvalue weighted by molar-refractivity contribution is 6.28. The van der Waals surface area contributed by atoms with E-state index in [0.29, 0.717) is 11.6 Å². The Hall–Kier alpha value is -3.04. The molecule has 0 radical (unpaired) electrons. The molecule has 4 N–H and O–H groups in total. The molecule has 0 saturated heterocycles. The molecule has 4 rings (SSSR count). The van der Waals surface area contributed by atoms with E-state index < -0.39 is 5.54 Å². The summed E-state index contributed by atoms with van der Waals surface area (Å²) in [7, 11) is 0. The summed E-state index contributed by atoms with van der Waals surface area (Å²) in [6, 6.07) is 18.6. The molecule has 0 saturated carbocycles. The largest absolute Gasteiger partial charge is 0.328 e. The maximum Gasteiger partial charge on any atom is 0.226 e. The second-order valence-corrected chi connectivity index (χ2v) is 7.09. The van der Waals surface area contributed by atoms with E-state index in [1.807, 2.05) is 60.7 Å². The molecule has 0 fully saturated rings. The van der Waals surface area contributed by atoms with Crippen LogP contribution in [0.1, 0.15) is 11.6 Å². The highest BCUT2D eigenvalue weighted by Gasteiger charge is 2.37. The number of hydrogen-bond acceptors (Lipinski definition) is 8. The fraction of sp³-hybridized carbons (Fsp3) is 0.100. The van der Waals surface area contributed by atoms with E-state index in [1.54, 1.807) is 0 Å². The molecule has 0 aliphatic rings. The summed E-state index contributed by atoms with van der Waals surface area (Å²) >= 11 is 12.3. The van der Waals surface area contributed by atoms with Crippen LogP contribution in [0.2, 0.25) is 10.6 Å². The molecular weight excluding hydrogens is 423 g/mol. The van der Waals surface area contributed by atoms with E-state index in [9.17, 15) is 0 Å². The van der Waals surface area contributed by atoms with Crippen molar-refractivity contribution in [2.24, 2.45) is 11.5 Å². The van der Waals surface area contributed by atoms with Crippen LogP contribution in [-0.4, -0.2) is 36.4 Å². The maximum atomic E-state index is 6.62. The lowest BCUT2D eigenvalue weighted by molar-refractivity contribution is 0.479. The Bertz CT molecular complexity index is 1080. The van der Waals surface area contributed by atoms with E-state index in [0.717, 1.165) is 11.1 Å². The van der Waals surface area contributed by atoms with Crippen LogP contribution < -0.4 is 11.5 Å². The highest BCUT2D eigenvalue weighted by Crippen LogP contribution is 2.26. The Morgan fingerprint density at radius 1 is 0.633 bits per heavy atom. The number of halogens is 2. The molecule has 0 amide bonds. The first-order valence-corrected chi connectivity index (χ1v) is 9.69. The fourth-order valence-electron chi connectivity index (χ4n) is 2.81. The van der Waals surface area contributed by atoms with Crippen molar-refractivity contribution in [2.45, 2.75) is 5.54 Å². The third-order valence-corrected chi connectivity index (χ3v) is 4.74. The van der Waals surface area contributed by atoms with Crippen molar-refractivity contribution in [1.29, 1.82) is 0 Å². The van der Waals surface area contributed by atoms with Crippen LogP contribution in [0.3, 0.4) is 0 Å². The van der Waals surface area contributed by atoms with Crippen LogP contribution in [0, 0.1) is 0 Å². The number of nitrogens with two attached hydrogens (primary N) is 2. The molecule has 8 nitrogen and oxygen atoms in total. The van der Waals surface area contributed by atoms with Gasteiger partial charge in [0.25, 0.3) is 0 Å². The molecule has 0 unspecified atom stereocenters. The molecule has 0 atom stereocenters. The molecule has 2 heterocycles. The van der Waals surface area contributed by atoms with Gasteiger partial charge in [-0.2, -0.15) is 9.97 Å². The van der Waals surface area contributed by atoms with Crippen LogP contribution in [0.5, 0.6) is 0 Å². The second kappa shape index (κ2) is 8.37. The van der Waals surface area contributed by atoms with Gasteiger partial charge < -0.3 is 11.5 Å². The van der Waals surface area contributed by atoms with E-state index in [4.69, 9.17) is 34.7 Å². The van der Waals surface area contributed by atoms with Crippen molar-refractivity contribution in [3.8, 4) is 22.8 Å². The number of benzene rings is 2. The normalized spacial score (nSPS) is 11.5. The molecule has 0 aliphatic heterocycles. The minimum absolute atomic E-state index is 0.0226. The molecule has 10 heteroatoms. The molecule has 2 aromatic carbocycles. The van der Waals surface area contributed by atoms with Crippen LogP contribution in [0.25, 0.3) is 22.8 Å². The summed E-state index contributed by atoms with van der Waals surface area (Å²) in [6.45, 7) is -0.101. The lowest BCUT2D eigenvalue weighted by Gasteiger charge is -2.25. The first-order valence-electron chi connectivity index (χ1n) is 8.93. The number of aromatic nitrogens is 6. The van der Waals surface area contributed by atoms with Crippen molar-refractivity contribution >= 4 is 23.2 Å². The fourth-order valence-corrected chi connectivity index (χ4v) is 3.13. The maximum absolute atomic E-state index is 6.62. The van der Waals surface area contributed by atoms with Crippen LogP contribution in [0.4, 0.5) is 0 Å². The zero-order valence-electron chi connectivity index (χ0n) is 15.6. The first kappa shape index (κ1) is 20.2. The van der Waals surface area contributed by atoms with Crippen LogP contribution in [-0.2, 0) is 5.54 Å². The van der Waals surface area contributed by atoms with Crippen molar-refractivity contribution in [1.82, 2.24) is 29.9 Å². The quantitative estimate of drug-likeness (QED) is 0.486. The molecule has 0 bridgehead atoms. The van der Waals surface area contributed by atoms with Crippen molar-refractivity contribution < 1.29 is 0 Å². The molecule has 4 aromatic rings. The van der Waals surface area contributed by atoms with Gasteiger partial charge in [0.15, 0.2) is 23.3 Å². The van der Waals surface area contributed by atoms with Crippen LogP contribution in [0.15, 0.2) is 60.7 Å². The summed E-state index contributed by atoms with van der Waals surface area (Å²) < 4.78 is 0. The van der Waals surface area contributed by atoms with Crippen molar-refractivity contribution in [3.63, 3.8) is 0 Å². The topological polar surface area (TPSA) is 129 Å². The monoisotopic (exact) mass is 438 g/mol. The van der Waals surface area contributed by atoms with E-state index in [2.05, 4.69) is 29.9 Å². The summed E-state index contributed by atoms with van der Waals surface area (Å²) in [6.07, 6.45) is 0. The van der Waals surface area contributed by atoms with Gasteiger partial charge >= 0.3 is 0 Å². The summed E-state index contributed by atoms with van der Waals surface area (Å²) in [4.78, 5) is 25.8. The zero-order chi connectivity index (χ0) is 21.1. The van der Waals surface area contributed by atoms with Gasteiger partial charge in [0.2, 0.25) is 10.6 Å². The number of rotatable bonds is 5. The summed E-state index contributed by atoms with van der Waals surface area (Å²) in [5, 5.41) is -0.0453. The standard InChI is InChI=1S/C20H16Cl2N8/c21-18-27-14(12-7-3-1-4-8-12)25-16(29-18)20(24,11-23)17-26-15(28-19(22)30-17)13-9-5-2-6-10-13/h1-10H,11,23-24H2. The third-order valence-electron chi connectivity index (χ3n) is 4.40. The lowest BCUT2D eigenvalue weighted by Crippen LogP contribution is -2.48. The summed E-state index contributed by atoms with van der Waals surface area (Å²) in [5.41, 5.74) is 12.7. The van der Waals surface area contributed by atoms with Gasteiger partial charge in [-0.1, -0.05) is 60.7 Å².